The van der Waals surface area contributed by atoms with Crippen LogP contribution in [0.15, 0.2) is 17.5 Å². The molecule has 2 nitrogen and oxygen atoms in total. The second-order valence-corrected chi connectivity index (χ2v) is 7.52. The first-order valence-corrected chi connectivity index (χ1v) is 8.63. The molecule has 1 aromatic rings. The van der Waals surface area contributed by atoms with Crippen molar-refractivity contribution in [3.05, 3.63) is 22.4 Å². The summed E-state index contributed by atoms with van der Waals surface area (Å²) in [6.45, 7) is 8.51. The average Bonchev–Trinajstić information content (AvgIpc) is 2.88. The molecule has 0 radical (unpaired) electrons. The fourth-order valence-corrected chi connectivity index (χ4v) is 4.32. The van der Waals surface area contributed by atoms with E-state index in [1.54, 1.807) is 4.88 Å². The van der Waals surface area contributed by atoms with Gasteiger partial charge in [-0.05, 0) is 55.6 Å². The summed E-state index contributed by atoms with van der Waals surface area (Å²) in [5.41, 5.74) is 0. The molecule has 19 heavy (non-hydrogen) atoms. The zero-order chi connectivity index (χ0) is 13.2. The Bertz CT molecular complexity index is 383. The molecule has 1 aliphatic carbocycles. The summed E-state index contributed by atoms with van der Waals surface area (Å²) in [6, 6.07) is 5.99. The lowest BCUT2D eigenvalue weighted by atomic mass is 10.0. The first-order chi connectivity index (χ1) is 9.24. The first-order valence-electron chi connectivity index (χ1n) is 7.75. The molecule has 1 saturated carbocycles. The van der Waals surface area contributed by atoms with Crippen molar-refractivity contribution >= 4 is 11.3 Å². The Morgan fingerprint density at radius 3 is 2.84 bits per heavy atom. The van der Waals surface area contributed by atoms with Gasteiger partial charge in [-0.2, -0.15) is 0 Å². The van der Waals surface area contributed by atoms with Crippen LogP contribution in [0.5, 0.6) is 0 Å². The largest absolute Gasteiger partial charge is 0.314 e. The minimum absolute atomic E-state index is 0.630. The standard InChI is InChI=1S/C16H26N2S/c1-12(2)16(15-4-3-9-19-15)18-8-7-13(11-18)10-17-14-5-6-14/h3-4,9,12-14,16-17H,5-8,10-11H2,1-2H3. The molecule has 0 bridgehead atoms. The summed E-state index contributed by atoms with van der Waals surface area (Å²) in [5, 5.41) is 5.91. The number of nitrogens with one attached hydrogen (secondary N) is 1. The molecule has 0 spiro atoms. The van der Waals surface area contributed by atoms with Gasteiger partial charge in [0.2, 0.25) is 0 Å². The van der Waals surface area contributed by atoms with E-state index in [9.17, 15) is 0 Å². The van der Waals surface area contributed by atoms with Crippen molar-refractivity contribution in [3.63, 3.8) is 0 Å². The summed E-state index contributed by atoms with van der Waals surface area (Å²) in [6.07, 6.45) is 4.18. The Labute approximate surface area is 121 Å². The fraction of sp³-hybridized carbons (Fsp3) is 0.750. The third kappa shape index (κ3) is 3.39. The van der Waals surface area contributed by atoms with Crippen LogP contribution in [0.2, 0.25) is 0 Å². The van der Waals surface area contributed by atoms with Crippen molar-refractivity contribution in [1.82, 2.24) is 10.2 Å². The second kappa shape index (κ2) is 5.94. The SMILES string of the molecule is CC(C)C(c1cccs1)N1CCC(CNC2CC2)C1. The molecular weight excluding hydrogens is 252 g/mol. The van der Waals surface area contributed by atoms with E-state index >= 15 is 0 Å². The Morgan fingerprint density at radius 2 is 2.21 bits per heavy atom. The molecule has 1 saturated heterocycles. The third-order valence-corrected chi connectivity index (χ3v) is 5.39. The van der Waals surface area contributed by atoms with Crippen LogP contribution in [-0.4, -0.2) is 30.6 Å². The van der Waals surface area contributed by atoms with E-state index in [0.717, 1.165) is 12.0 Å². The smallest absolute Gasteiger partial charge is 0.0464 e. The minimum Gasteiger partial charge on any atom is -0.314 e. The van der Waals surface area contributed by atoms with E-state index in [1.807, 2.05) is 11.3 Å². The number of nitrogens with zero attached hydrogens (tertiary/aromatic N) is 1. The van der Waals surface area contributed by atoms with E-state index in [2.05, 4.69) is 41.6 Å². The van der Waals surface area contributed by atoms with Gasteiger partial charge in [-0.3, -0.25) is 4.90 Å². The van der Waals surface area contributed by atoms with Gasteiger partial charge in [-0.15, -0.1) is 11.3 Å². The Kier molecular flexibility index (Phi) is 4.25. The zero-order valence-electron chi connectivity index (χ0n) is 12.1. The lowest BCUT2D eigenvalue weighted by Gasteiger charge is -2.30. The van der Waals surface area contributed by atoms with E-state index < -0.39 is 0 Å². The molecular formula is C16H26N2S. The highest BCUT2D eigenvalue weighted by Gasteiger charge is 2.32. The van der Waals surface area contributed by atoms with Crippen LogP contribution in [-0.2, 0) is 0 Å². The molecule has 2 fully saturated rings. The maximum absolute atomic E-state index is 3.70. The van der Waals surface area contributed by atoms with Crippen molar-refractivity contribution < 1.29 is 0 Å². The quantitative estimate of drug-likeness (QED) is 0.856. The number of rotatable bonds is 6. The fourth-order valence-electron chi connectivity index (χ4n) is 3.29. The molecule has 3 heteroatoms. The lowest BCUT2D eigenvalue weighted by Crippen LogP contribution is -2.32. The predicted octanol–water partition coefficient (Wildman–Crippen LogP) is 3.52. The van der Waals surface area contributed by atoms with Gasteiger partial charge < -0.3 is 5.32 Å². The lowest BCUT2D eigenvalue weighted by molar-refractivity contribution is 0.189. The van der Waals surface area contributed by atoms with Gasteiger partial charge in [0.15, 0.2) is 0 Å². The van der Waals surface area contributed by atoms with E-state index in [1.165, 1.54) is 38.9 Å². The maximum atomic E-state index is 3.70. The minimum atomic E-state index is 0.630. The Hall–Kier alpha value is -0.380. The summed E-state index contributed by atoms with van der Waals surface area (Å²) < 4.78 is 0. The van der Waals surface area contributed by atoms with Gasteiger partial charge >= 0.3 is 0 Å². The molecule has 3 rings (SSSR count). The van der Waals surface area contributed by atoms with Crippen molar-refractivity contribution in [2.45, 2.75) is 45.2 Å². The molecule has 1 N–H and O–H groups in total. The van der Waals surface area contributed by atoms with Crippen molar-refractivity contribution in [2.75, 3.05) is 19.6 Å². The highest BCUT2D eigenvalue weighted by Crippen LogP contribution is 2.35. The second-order valence-electron chi connectivity index (χ2n) is 6.54. The molecule has 2 aliphatic rings. The molecule has 106 valence electrons. The molecule has 1 aromatic heterocycles. The van der Waals surface area contributed by atoms with Gasteiger partial charge in [-0.1, -0.05) is 19.9 Å². The Balaban J connectivity index is 1.57. The molecule has 2 unspecified atom stereocenters. The molecule has 0 aromatic carbocycles. The van der Waals surface area contributed by atoms with Crippen LogP contribution in [0.1, 0.15) is 44.0 Å². The van der Waals surface area contributed by atoms with Gasteiger partial charge in [0.25, 0.3) is 0 Å². The number of hydrogen-bond donors (Lipinski definition) is 1. The normalized spacial score (nSPS) is 26.2. The van der Waals surface area contributed by atoms with E-state index in [4.69, 9.17) is 0 Å². The highest BCUT2D eigenvalue weighted by atomic mass is 32.1. The van der Waals surface area contributed by atoms with Crippen LogP contribution in [0, 0.1) is 11.8 Å². The van der Waals surface area contributed by atoms with Crippen molar-refractivity contribution in [1.29, 1.82) is 0 Å². The van der Waals surface area contributed by atoms with Gasteiger partial charge in [0.05, 0.1) is 0 Å². The predicted molar refractivity (Wildman–Crippen MR) is 82.6 cm³/mol. The molecule has 2 heterocycles. The average molecular weight is 278 g/mol. The van der Waals surface area contributed by atoms with Crippen LogP contribution >= 0.6 is 11.3 Å². The molecule has 0 amide bonds. The van der Waals surface area contributed by atoms with Gasteiger partial charge in [0.1, 0.15) is 0 Å². The topological polar surface area (TPSA) is 15.3 Å². The summed E-state index contributed by atoms with van der Waals surface area (Å²) in [5.74, 6) is 1.57. The summed E-state index contributed by atoms with van der Waals surface area (Å²) in [7, 11) is 0. The van der Waals surface area contributed by atoms with Crippen LogP contribution in [0.3, 0.4) is 0 Å². The van der Waals surface area contributed by atoms with Crippen molar-refractivity contribution in [2.24, 2.45) is 11.8 Å². The van der Waals surface area contributed by atoms with Crippen LogP contribution < -0.4 is 5.32 Å². The van der Waals surface area contributed by atoms with Gasteiger partial charge in [0, 0.05) is 23.5 Å². The number of likely N-dealkylation sites (tertiary alicyclic amines) is 1. The van der Waals surface area contributed by atoms with Crippen molar-refractivity contribution in [3.8, 4) is 0 Å². The third-order valence-electron chi connectivity index (χ3n) is 4.45. The van der Waals surface area contributed by atoms with Gasteiger partial charge in [-0.25, -0.2) is 0 Å². The summed E-state index contributed by atoms with van der Waals surface area (Å²) in [4.78, 5) is 4.27. The highest BCUT2D eigenvalue weighted by molar-refractivity contribution is 7.10. The number of thiophene rings is 1. The number of hydrogen-bond acceptors (Lipinski definition) is 3. The first kappa shape index (κ1) is 13.6. The van der Waals surface area contributed by atoms with Crippen LogP contribution in [0.25, 0.3) is 0 Å². The molecule has 1 aliphatic heterocycles. The summed E-state index contributed by atoms with van der Waals surface area (Å²) >= 11 is 1.92. The van der Waals surface area contributed by atoms with Crippen LogP contribution in [0.4, 0.5) is 0 Å². The Morgan fingerprint density at radius 1 is 1.37 bits per heavy atom. The zero-order valence-corrected chi connectivity index (χ0v) is 13.0. The molecule has 2 atom stereocenters. The monoisotopic (exact) mass is 278 g/mol. The van der Waals surface area contributed by atoms with E-state index in [0.29, 0.717) is 12.0 Å². The maximum Gasteiger partial charge on any atom is 0.0464 e. The van der Waals surface area contributed by atoms with E-state index in [-0.39, 0.29) is 0 Å².